The Morgan fingerprint density at radius 2 is 2.23 bits per heavy atom. The highest BCUT2D eigenvalue weighted by Gasteiger charge is 2.49. The summed E-state index contributed by atoms with van der Waals surface area (Å²) in [5.74, 6) is 0.0463. The first-order valence-electron chi connectivity index (χ1n) is 9.93. The van der Waals surface area contributed by atoms with Crippen molar-refractivity contribution in [2.75, 3.05) is 18.2 Å². The van der Waals surface area contributed by atoms with E-state index >= 15 is 4.39 Å². The number of nitrogens with zero attached hydrogens (tertiary/aromatic N) is 3. The molecule has 2 aliphatic rings. The second-order valence-corrected chi connectivity index (χ2v) is 8.75. The van der Waals surface area contributed by atoms with Crippen LogP contribution in [-0.2, 0) is 10.3 Å². The monoisotopic (exact) mass is 439 g/mol. The molecule has 0 spiro atoms. The van der Waals surface area contributed by atoms with Crippen LogP contribution in [0.15, 0.2) is 41.5 Å². The van der Waals surface area contributed by atoms with Gasteiger partial charge in [0.2, 0.25) is 0 Å². The molecule has 2 aromatic rings. The van der Waals surface area contributed by atoms with Gasteiger partial charge in [0, 0.05) is 36.7 Å². The van der Waals surface area contributed by atoms with Crippen LogP contribution in [0.4, 0.5) is 10.1 Å². The lowest BCUT2D eigenvalue weighted by Crippen LogP contribution is -2.47. The topological polar surface area (TPSA) is 113 Å². The van der Waals surface area contributed by atoms with Crippen LogP contribution in [0.3, 0.4) is 0 Å². The number of anilines is 1. The molecule has 3 unspecified atom stereocenters. The molecule has 3 atom stereocenters. The van der Waals surface area contributed by atoms with Gasteiger partial charge in [0.05, 0.1) is 17.2 Å². The van der Waals surface area contributed by atoms with E-state index < -0.39 is 11.4 Å². The number of ether oxygens (including phenoxy) is 1. The molecule has 4 rings (SSSR count). The number of thioether (sulfide) groups is 1. The van der Waals surface area contributed by atoms with Crippen LogP contribution in [0.1, 0.15) is 40.9 Å². The van der Waals surface area contributed by atoms with Crippen LogP contribution in [-0.4, -0.2) is 35.0 Å². The molecule has 0 saturated heterocycles. The van der Waals surface area contributed by atoms with Crippen molar-refractivity contribution < 1.29 is 13.9 Å². The Morgan fingerprint density at radius 1 is 1.39 bits per heavy atom. The molecule has 7 nitrogen and oxygen atoms in total. The Balaban J connectivity index is 1.68. The van der Waals surface area contributed by atoms with Gasteiger partial charge in [0.1, 0.15) is 17.6 Å². The van der Waals surface area contributed by atoms with E-state index in [0.29, 0.717) is 28.4 Å². The van der Waals surface area contributed by atoms with Gasteiger partial charge in [0.15, 0.2) is 5.17 Å². The quantitative estimate of drug-likeness (QED) is 0.755. The van der Waals surface area contributed by atoms with Crippen molar-refractivity contribution in [3.63, 3.8) is 0 Å². The van der Waals surface area contributed by atoms with E-state index in [4.69, 9.17) is 20.7 Å². The minimum Gasteiger partial charge on any atom is -0.381 e. The summed E-state index contributed by atoms with van der Waals surface area (Å²) in [6.07, 6.45) is 3.56. The summed E-state index contributed by atoms with van der Waals surface area (Å²) in [5.41, 5.74) is 6.61. The highest BCUT2D eigenvalue weighted by Crippen LogP contribution is 2.50. The van der Waals surface area contributed by atoms with Gasteiger partial charge in [-0.25, -0.2) is 9.37 Å². The molecule has 160 valence electrons. The van der Waals surface area contributed by atoms with Crippen LogP contribution >= 0.6 is 11.8 Å². The van der Waals surface area contributed by atoms with E-state index in [-0.39, 0.29) is 23.5 Å². The first kappa shape index (κ1) is 21.3. The normalized spacial score (nSPS) is 25.1. The molecule has 3 N–H and O–H groups in total. The first-order valence-corrected chi connectivity index (χ1v) is 10.9. The van der Waals surface area contributed by atoms with Gasteiger partial charge >= 0.3 is 0 Å². The number of methoxy groups -OCH3 is 1. The van der Waals surface area contributed by atoms with Crippen molar-refractivity contribution in [3.05, 3.63) is 59.2 Å². The van der Waals surface area contributed by atoms with Crippen LogP contribution in [0, 0.1) is 23.1 Å². The summed E-state index contributed by atoms with van der Waals surface area (Å²) in [4.78, 5) is 21.3. The Morgan fingerprint density at radius 3 is 2.94 bits per heavy atom. The molecular weight excluding hydrogens is 417 g/mol. The maximum atomic E-state index is 15.1. The zero-order chi connectivity index (χ0) is 22.0. The van der Waals surface area contributed by atoms with Gasteiger partial charge in [0.25, 0.3) is 5.91 Å². The largest absolute Gasteiger partial charge is 0.381 e. The maximum absolute atomic E-state index is 15.1. The number of rotatable bonds is 4. The SMILES string of the molecule is COC1CCC2CSC(N)=NC2(c2cc(NC(=O)c3ccc(C#N)cn3)ccc2F)C1. The summed E-state index contributed by atoms with van der Waals surface area (Å²) in [6.45, 7) is 0. The number of carbonyl (C=O) groups is 1. The van der Waals surface area contributed by atoms with E-state index in [9.17, 15) is 4.79 Å². The fourth-order valence-electron chi connectivity index (χ4n) is 4.33. The van der Waals surface area contributed by atoms with Gasteiger partial charge < -0.3 is 15.8 Å². The molecule has 0 bridgehead atoms. The summed E-state index contributed by atoms with van der Waals surface area (Å²) in [6, 6.07) is 9.43. The Hall–Kier alpha value is -2.96. The van der Waals surface area contributed by atoms with Crippen LogP contribution < -0.4 is 11.1 Å². The molecular formula is C22H22FN5O2S. The fourth-order valence-corrected chi connectivity index (χ4v) is 5.37. The van der Waals surface area contributed by atoms with Crippen molar-refractivity contribution in [1.82, 2.24) is 4.98 Å². The summed E-state index contributed by atoms with van der Waals surface area (Å²) in [7, 11) is 1.65. The summed E-state index contributed by atoms with van der Waals surface area (Å²) in [5, 5.41) is 12.1. The molecule has 1 aliphatic carbocycles. The van der Waals surface area contributed by atoms with Gasteiger partial charge in [-0.1, -0.05) is 11.8 Å². The average Bonchev–Trinajstić information content (AvgIpc) is 2.79. The van der Waals surface area contributed by atoms with Gasteiger partial charge in [-0.15, -0.1) is 0 Å². The minimum absolute atomic E-state index is 0.0450. The van der Waals surface area contributed by atoms with E-state index in [1.165, 1.54) is 42.2 Å². The number of hydrogen-bond donors (Lipinski definition) is 2. The lowest BCUT2D eigenvalue weighted by atomic mass is 9.68. The van der Waals surface area contributed by atoms with Crippen LogP contribution in [0.25, 0.3) is 0 Å². The summed E-state index contributed by atoms with van der Waals surface area (Å²) < 4.78 is 20.7. The molecule has 31 heavy (non-hydrogen) atoms. The van der Waals surface area contributed by atoms with E-state index in [2.05, 4.69) is 10.3 Å². The van der Waals surface area contributed by atoms with Gasteiger partial charge in [-0.2, -0.15) is 5.26 Å². The van der Waals surface area contributed by atoms with Gasteiger partial charge in [-0.3, -0.25) is 9.79 Å². The number of fused-ring (bicyclic) bond motifs is 1. The lowest BCUT2D eigenvalue weighted by Gasteiger charge is -2.46. The number of nitriles is 1. The summed E-state index contributed by atoms with van der Waals surface area (Å²) >= 11 is 1.49. The number of aliphatic imine (C=N–C) groups is 1. The Bertz CT molecular complexity index is 1070. The second kappa shape index (κ2) is 8.65. The van der Waals surface area contributed by atoms with Crippen molar-refractivity contribution in [2.24, 2.45) is 16.6 Å². The molecule has 1 fully saturated rings. The standard InChI is InChI=1S/C22H22FN5O2S/c1-30-16-5-3-14-12-31-21(25)28-22(14,9-16)17-8-15(4-6-18(17)23)27-20(29)19-7-2-13(10-24)11-26-19/h2,4,6-8,11,14,16H,3,5,9,12H2,1H3,(H2,25,28)(H,27,29). The van der Waals surface area contributed by atoms with Crippen molar-refractivity contribution >= 4 is 28.5 Å². The van der Waals surface area contributed by atoms with E-state index in [1.54, 1.807) is 13.2 Å². The number of pyridine rings is 1. The molecule has 1 aliphatic heterocycles. The number of carbonyl (C=O) groups excluding carboxylic acids is 1. The zero-order valence-electron chi connectivity index (χ0n) is 17.0. The number of nitrogens with one attached hydrogen (secondary N) is 1. The highest BCUT2D eigenvalue weighted by molar-refractivity contribution is 8.13. The lowest BCUT2D eigenvalue weighted by molar-refractivity contribution is 0.0193. The third-order valence-electron chi connectivity index (χ3n) is 5.94. The van der Waals surface area contributed by atoms with E-state index in [1.807, 2.05) is 6.07 Å². The number of aromatic nitrogens is 1. The number of amidine groups is 1. The first-order chi connectivity index (χ1) is 14.9. The maximum Gasteiger partial charge on any atom is 0.274 e. The zero-order valence-corrected chi connectivity index (χ0v) is 17.8. The van der Waals surface area contributed by atoms with E-state index in [0.717, 1.165) is 18.6 Å². The highest BCUT2D eigenvalue weighted by atomic mass is 32.2. The van der Waals surface area contributed by atoms with Gasteiger partial charge in [-0.05, 0) is 49.1 Å². The van der Waals surface area contributed by atoms with Crippen LogP contribution in [0.5, 0.6) is 0 Å². The number of nitrogens with two attached hydrogens (primary N) is 1. The fraction of sp³-hybridized carbons (Fsp3) is 0.364. The molecule has 1 amide bonds. The molecule has 0 radical (unpaired) electrons. The number of benzene rings is 1. The predicted molar refractivity (Wildman–Crippen MR) is 117 cm³/mol. The molecule has 9 heteroatoms. The molecule has 1 saturated carbocycles. The number of halogens is 1. The molecule has 1 aromatic heterocycles. The van der Waals surface area contributed by atoms with Crippen LogP contribution in [0.2, 0.25) is 0 Å². The smallest absolute Gasteiger partial charge is 0.274 e. The third kappa shape index (κ3) is 4.13. The Kier molecular flexibility index (Phi) is 5.94. The van der Waals surface area contributed by atoms with Crippen molar-refractivity contribution in [3.8, 4) is 6.07 Å². The van der Waals surface area contributed by atoms with Crippen molar-refractivity contribution in [2.45, 2.75) is 30.9 Å². The van der Waals surface area contributed by atoms with Crippen molar-refractivity contribution in [1.29, 1.82) is 5.26 Å². The molecule has 2 heterocycles. The second-order valence-electron chi connectivity index (χ2n) is 7.71. The number of hydrogen-bond acceptors (Lipinski definition) is 7. The number of amides is 1. The average molecular weight is 440 g/mol. The molecule has 1 aromatic carbocycles. The predicted octanol–water partition coefficient (Wildman–Crippen LogP) is 3.42. The third-order valence-corrected chi connectivity index (χ3v) is 6.90. The minimum atomic E-state index is -0.828. The Labute approximate surface area is 183 Å².